The van der Waals surface area contributed by atoms with Gasteiger partial charge in [0, 0.05) is 24.7 Å². The minimum atomic E-state index is -1.54. The first-order valence-corrected chi connectivity index (χ1v) is 19.7. The molecule has 0 aromatic carbocycles. The molecule has 2 saturated heterocycles. The van der Waals surface area contributed by atoms with E-state index in [0.717, 1.165) is 51.4 Å². The van der Waals surface area contributed by atoms with Crippen molar-refractivity contribution < 1.29 is 53.7 Å². The Morgan fingerprint density at radius 1 is 0.824 bits per heavy atom. The van der Waals surface area contributed by atoms with Crippen LogP contribution in [-0.4, -0.2) is 99.7 Å². The van der Waals surface area contributed by atoms with Crippen molar-refractivity contribution >= 4 is 11.9 Å². The Labute approximate surface area is 303 Å². The van der Waals surface area contributed by atoms with Crippen molar-refractivity contribution in [2.75, 3.05) is 6.61 Å². The smallest absolute Gasteiger partial charge is 0.302 e. The number of fused-ring (bicyclic) bond motifs is 3. The molecule has 7 aliphatic rings. The van der Waals surface area contributed by atoms with Crippen molar-refractivity contribution in [2.45, 2.75) is 181 Å². The SMILES string of the molecule is CC(=O)OC[C@H]1O[C@@H](O[C@@H]2C[C@H]3C(C)(C)[C@H](OC(C)=O)CC[C@]3(C)[C@H]3CC[C@@]45C[C@]4(CC[C@@H]5[C@H](C)CC4OC(C)(C)C4O)[C@@]32C)[C@H](O)[C@@H](O)[C@@H]1O. The van der Waals surface area contributed by atoms with Crippen LogP contribution in [0.5, 0.6) is 0 Å². The van der Waals surface area contributed by atoms with Crippen molar-refractivity contribution in [2.24, 2.45) is 50.7 Å². The molecule has 7 rings (SSSR count). The third-order valence-electron chi connectivity index (χ3n) is 16.6. The van der Waals surface area contributed by atoms with E-state index in [1.165, 1.54) is 13.8 Å². The predicted octanol–water partition coefficient (Wildman–Crippen LogP) is 4.29. The molecule has 2 unspecified atom stereocenters. The van der Waals surface area contributed by atoms with E-state index in [2.05, 4.69) is 34.6 Å². The van der Waals surface area contributed by atoms with Crippen LogP contribution >= 0.6 is 0 Å². The number of ether oxygens (including phenoxy) is 5. The predicted molar refractivity (Wildman–Crippen MR) is 185 cm³/mol. The van der Waals surface area contributed by atoms with Crippen LogP contribution in [0.4, 0.5) is 0 Å². The molecule has 0 radical (unpaired) electrons. The summed E-state index contributed by atoms with van der Waals surface area (Å²) in [6, 6.07) is 0. The van der Waals surface area contributed by atoms with Gasteiger partial charge < -0.3 is 44.1 Å². The second-order valence-electron chi connectivity index (χ2n) is 19.5. The van der Waals surface area contributed by atoms with Crippen molar-refractivity contribution in [3.63, 3.8) is 0 Å². The summed E-state index contributed by atoms with van der Waals surface area (Å²) >= 11 is 0. The van der Waals surface area contributed by atoms with Gasteiger partial charge >= 0.3 is 11.9 Å². The maximum atomic E-state index is 12.3. The molecular formula is C40H64O11. The number of aliphatic hydroxyl groups excluding tert-OH is 4. The molecule has 5 saturated carbocycles. The Balaban J connectivity index is 1.23. The van der Waals surface area contributed by atoms with Gasteiger partial charge in [-0.2, -0.15) is 0 Å². The highest BCUT2D eigenvalue weighted by Crippen LogP contribution is 2.91. The molecule has 0 spiro atoms. The number of hydrogen-bond donors (Lipinski definition) is 4. The van der Waals surface area contributed by atoms with Crippen LogP contribution in [0.25, 0.3) is 0 Å². The Morgan fingerprint density at radius 3 is 2.16 bits per heavy atom. The zero-order valence-electron chi connectivity index (χ0n) is 32.2. The highest BCUT2D eigenvalue weighted by Gasteiger charge is 2.85. The van der Waals surface area contributed by atoms with Crippen LogP contribution in [0, 0.1) is 50.7 Å². The first-order chi connectivity index (χ1) is 23.7. The minimum Gasteiger partial charge on any atom is -0.463 e. The third-order valence-corrected chi connectivity index (χ3v) is 16.6. The molecular weight excluding hydrogens is 656 g/mol. The van der Waals surface area contributed by atoms with Gasteiger partial charge in [0.05, 0.1) is 17.8 Å². The lowest BCUT2D eigenvalue weighted by molar-refractivity contribution is -0.344. The van der Waals surface area contributed by atoms with Crippen LogP contribution in [-0.2, 0) is 33.3 Å². The second-order valence-corrected chi connectivity index (χ2v) is 19.5. The van der Waals surface area contributed by atoms with Gasteiger partial charge in [-0.25, -0.2) is 0 Å². The first kappa shape index (κ1) is 38.0. The second kappa shape index (κ2) is 12.3. The topological polar surface area (TPSA) is 161 Å². The van der Waals surface area contributed by atoms with Gasteiger partial charge in [-0.05, 0) is 112 Å². The standard InChI is InChI=1S/C40H64O11/c1-20(16-24-33(46)36(6,7)51-24)23-10-15-40-19-39(23,40)14-11-26-37(8)13-12-28(48-22(3)42)35(4,5)27(37)17-29(38(26,40)9)50-34-32(45)31(44)30(43)25(49-34)18-47-21(2)41/h20,23-34,43-46H,10-19H2,1-9H3/t20-,23-,24?,25-,26-,27+,28-,29-,30-,31+,32-,33?,34+,37-,38+,39+,40-/m1/s1. The Hall–Kier alpha value is -1.34. The lowest BCUT2D eigenvalue weighted by atomic mass is 9.37. The summed E-state index contributed by atoms with van der Waals surface area (Å²) in [5.74, 6) is 0.506. The lowest BCUT2D eigenvalue weighted by Gasteiger charge is -2.69. The summed E-state index contributed by atoms with van der Waals surface area (Å²) in [7, 11) is 0. The average Bonchev–Trinajstić information content (AvgIpc) is 3.62. The number of esters is 2. The monoisotopic (exact) mass is 720 g/mol. The molecule has 11 heteroatoms. The molecule has 2 heterocycles. The minimum absolute atomic E-state index is 0.0185. The molecule has 51 heavy (non-hydrogen) atoms. The lowest BCUT2D eigenvalue weighted by Crippen LogP contribution is -2.68. The third kappa shape index (κ3) is 5.35. The largest absolute Gasteiger partial charge is 0.463 e. The van der Waals surface area contributed by atoms with Crippen molar-refractivity contribution in [3.05, 3.63) is 0 Å². The fourth-order valence-electron chi connectivity index (χ4n) is 14.2. The Morgan fingerprint density at radius 2 is 1.53 bits per heavy atom. The molecule has 5 aliphatic carbocycles. The summed E-state index contributed by atoms with van der Waals surface area (Å²) in [6.07, 6.45) is 0.756. The van der Waals surface area contributed by atoms with E-state index in [0.29, 0.717) is 24.2 Å². The molecule has 0 amide bonds. The first-order valence-electron chi connectivity index (χ1n) is 19.7. The zero-order chi connectivity index (χ0) is 37.3. The maximum absolute atomic E-state index is 12.3. The van der Waals surface area contributed by atoms with Crippen molar-refractivity contribution in [1.82, 2.24) is 0 Å². The number of rotatable bonds is 8. The molecule has 4 N–H and O–H groups in total. The molecule has 7 fully saturated rings. The molecule has 17 atom stereocenters. The summed E-state index contributed by atoms with van der Waals surface area (Å²) in [6.45, 7) is 18.0. The Kier molecular flexibility index (Phi) is 9.18. The quantitative estimate of drug-likeness (QED) is 0.209. The van der Waals surface area contributed by atoms with Gasteiger partial charge in [0.2, 0.25) is 0 Å². The van der Waals surface area contributed by atoms with E-state index in [1.54, 1.807) is 0 Å². The molecule has 0 bridgehead atoms. The van der Waals surface area contributed by atoms with E-state index in [-0.39, 0.29) is 63.9 Å². The highest BCUT2D eigenvalue weighted by atomic mass is 16.7. The number of aliphatic hydroxyl groups is 4. The van der Waals surface area contributed by atoms with Crippen LogP contribution in [0.15, 0.2) is 0 Å². The zero-order valence-corrected chi connectivity index (χ0v) is 32.2. The normalized spacial score (nSPS) is 52.6. The van der Waals surface area contributed by atoms with Gasteiger partial charge in [0.1, 0.15) is 43.2 Å². The van der Waals surface area contributed by atoms with Crippen molar-refractivity contribution in [1.29, 1.82) is 0 Å². The van der Waals surface area contributed by atoms with Gasteiger partial charge in [0.15, 0.2) is 6.29 Å². The maximum Gasteiger partial charge on any atom is 0.302 e. The van der Waals surface area contributed by atoms with Crippen LogP contribution in [0.3, 0.4) is 0 Å². The average molecular weight is 721 g/mol. The molecule has 290 valence electrons. The van der Waals surface area contributed by atoms with E-state index >= 15 is 0 Å². The van der Waals surface area contributed by atoms with E-state index < -0.39 is 48.4 Å². The molecule has 11 nitrogen and oxygen atoms in total. The highest BCUT2D eigenvalue weighted by molar-refractivity contribution is 5.66. The number of carbonyl (C=O) groups is 2. The van der Waals surface area contributed by atoms with Crippen LogP contribution < -0.4 is 0 Å². The Bertz CT molecular complexity index is 1380. The summed E-state index contributed by atoms with van der Waals surface area (Å²) in [4.78, 5) is 23.9. The number of carbonyl (C=O) groups excluding carboxylic acids is 2. The fourth-order valence-corrected chi connectivity index (χ4v) is 14.2. The van der Waals surface area contributed by atoms with E-state index in [4.69, 9.17) is 23.7 Å². The molecule has 0 aromatic rings. The van der Waals surface area contributed by atoms with Gasteiger partial charge in [-0.3, -0.25) is 9.59 Å². The summed E-state index contributed by atoms with van der Waals surface area (Å²) in [5.41, 5.74) is -1.01. The number of hydrogen-bond acceptors (Lipinski definition) is 11. The van der Waals surface area contributed by atoms with Gasteiger partial charge in [0.25, 0.3) is 0 Å². The van der Waals surface area contributed by atoms with Crippen LogP contribution in [0.2, 0.25) is 0 Å². The summed E-state index contributed by atoms with van der Waals surface area (Å²) in [5, 5.41) is 43.9. The van der Waals surface area contributed by atoms with E-state index in [1.807, 2.05) is 13.8 Å². The molecule has 0 aromatic heterocycles. The fraction of sp³-hybridized carbons (Fsp3) is 0.950. The molecule has 2 aliphatic heterocycles. The van der Waals surface area contributed by atoms with Gasteiger partial charge in [-0.15, -0.1) is 0 Å². The summed E-state index contributed by atoms with van der Waals surface area (Å²) < 4.78 is 30.5. The van der Waals surface area contributed by atoms with Crippen molar-refractivity contribution in [3.8, 4) is 0 Å². The van der Waals surface area contributed by atoms with E-state index in [9.17, 15) is 30.0 Å². The van der Waals surface area contributed by atoms with Crippen LogP contribution in [0.1, 0.15) is 120 Å². The van der Waals surface area contributed by atoms with Gasteiger partial charge in [-0.1, -0.05) is 34.6 Å².